The Morgan fingerprint density at radius 3 is 2.45 bits per heavy atom. The summed E-state index contributed by atoms with van der Waals surface area (Å²) in [5.74, 6) is -0.0465. The Kier molecular flexibility index (Phi) is 8.00. The Morgan fingerprint density at radius 1 is 1.14 bits per heavy atom. The van der Waals surface area contributed by atoms with Crippen molar-refractivity contribution in [3.8, 4) is 5.75 Å². The van der Waals surface area contributed by atoms with Crippen LogP contribution < -0.4 is 15.6 Å². The van der Waals surface area contributed by atoms with Gasteiger partial charge in [0.1, 0.15) is 11.4 Å². The van der Waals surface area contributed by atoms with E-state index in [0.717, 1.165) is 18.4 Å². The molecule has 7 heteroatoms. The lowest BCUT2D eigenvalue weighted by Crippen LogP contribution is -2.34. The van der Waals surface area contributed by atoms with Crippen molar-refractivity contribution in [2.45, 2.75) is 33.6 Å². The standard InChI is InChI=1S/C22H29N3O4/c1-5-10-25(11-6-2)21(27)17-13-19(22(28)24(4)14-17)23-20(26)15-29-18-9-7-8-16(3)12-18/h7-9,12-14H,5-6,10-11,15H2,1-4H3,(H,23,26). The monoisotopic (exact) mass is 399 g/mol. The van der Waals surface area contributed by atoms with Crippen LogP contribution in [0.25, 0.3) is 0 Å². The minimum atomic E-state index is -0.466. The van der Waals surface area contributed by atoms with Gasteiger partial charge >= 0.3 is 0 Å². The first-order valence-corrected chi connectivity index (χ1v) is 9.85. The molecule has 156 valence electrons. The summed E-state index contributed by atoms with van der Waals surface area (Å²) in [7, 11) is 1.56. The molecule has 2 rings (SSSR count). The Labute approximate surface area is 171 Å². The van der Waals surface area contributed by atoms with Crippen LogP contribution in [0.2, 0.25) is 0 Å². The third-order valence-corrected chi connectivity index (χ3v) is 4.34. The fraction of sp³-hybridized carbons (Fsp3) is 0.409. The number of carbonyl (C=O) groups is 2. The molecule has 0 unspecified atom stereocenters. The van der Waals surface area contributed by atoms with Crippen LogP contribution in [0.4, 0.5) is 5.69 Å². The van der Waals surface area contributed by atoms with E-state index >= 15 is 0 Å². The van der Waals surface area contributed by atoms with E-state index in [1.165, 1.54) is 16.8 Å². The van der Waals surface area contributed by atoms with E-state index in [9.17, 15) is 14.4 Å². The van der Waals surface area contributed by atoms with E-state index in [-0.39, 0.29) is 23.8 Å². The lowest BCUT2D eigenvalue weighted by atomic mass is 10.2. The van der Waals surface area contributed by atoms with Crippen LogP contribution >= 0.6 is 0 Å². The normalized spacial score (nSPS) is 10.5. The first kappa shape index (κ1) is 22.2. The van der Waals surface area contributed by atoms with Gasteiger partial charge in [-0.25, -0.2) is 0 Å². The lowest BCUT2D eigenvalue weighted by molar-refractivity contribution is -0.118. The number of carbonyl (C=O) groups excluding carboxylic acids is 2. The van der Waals surface area contributed by atoms with Crippen molar-refractivity contribution >= 4 is 17.5 Å². The molecule has 0 fully saturated rings. The van der Waals surface area contributed by atoms with Gasteiger partial charge in [-0.2, -0.15) is 0 Å². The molecule has 0 aliphatic rings. The molecular formula is C22H29N3O4. The molecule has 2 aromatic rings. The zero-order valence-corrected chi connectivity index (χ0v) is 17.5. The number of aromatic nitrogens is 1. The number of ether oxygens (including phenoxy) is 1. The van der Waals surface area contributed by atoms with Crippen molar-refractivity contribution < 1.29 is 14.3 Å². The van der Waals surface area contributed by atoms with Crippen LogP contribution in [0.3, 0.4) is 0 Å². The van der Waals surface area contributed by atoms with Crippen molar-refractivity contribution in [3.05, 3.63) is 58.0 Å². The number of anilines is 1. The SMILES string of the molecule is CCCN(CCC)C(=O)c1cc(NC(=O)COc2cccc(C)c2)c(=O)n(C)c1. The molecular weight excluding hydrogens is 370 g/mol. The average molecular weight is 399 g/mol. The predicted octanol–water partition coefficient (Wildman–Crippen LogP) is 2.97. The average Bonchev–Trinajstić information content (AvgIpc) is 2.69. The summed E-state index contributed by atoms with van der Waals surface area (Å²) in [5, 5.41) is 2.57. The summed E-state index contributed by atoms with van der Waals surface area (Å²) in [6.45, 7) is 7.00. The minimum absolute atomic E-state index is 0.0594. The number of aryl methyl sites for hydroxylation is 2. The number of nitrogens with one attached hydrogen (secondary N) is 1. The molecule has 0 saturated heterocycles. The maximum absolute atomic E-state index is 12.8. The van der Waals surface area contributed by atoms with Crippen molar-refractivity contribution in [1.29, 1.82) is 0 Å². The Morgan fingerprint density at radius 2 is 1.83 bits per heavy atom. The van der Waals surface area contributed by atoms with E-state index < -0.39 is 5.91 Å². The topological polar surface area (TPSA) is 80.6 Å². The number of hydrogen-bond acceptors (Lipinski definition) is 4. The van der Waals surface area contributed by atoms with Crippen LogP contribution in [0.1, 0.15) is 42.6 Å². The van der Waals surface area contributed by atoms with Crippen molar-refractivity contribution in [3.63, 3.8) is 0 Å². The molecule has 0 spiro atoms. The molecule has 0 aliphatic heterocycles. The van der Waals surface area contributed by atoms with E-state index in [0.29, 0.717) is 24.4 Å². The smallest absolute Gasteiger partial charge is 0.274 e. The quantitative estimate of drug-likeness (QED) is 0.703. The van der Waals surface area contributed by atoms with E-state index in [4.69, 9.17) is 4.74 Å². The maximum Gasteiger partial charge on any atom is 0.274 e. The highest BCUT2D eigenvalue weighted by Gasteiger charge is 2.18. The fourth-order valence-electron chi connectivity index (χ4n) is 3.00. The highest BCUT2D eigenvalue weighted by molar-refractivity contribution is 5.97. The Balaban J connectivity index is 2.14. The molecule has 29 heavy (non-hydrogen) atoms. The molecule has 0 atom stereocenters. The summed E-state index contributed by atoms with van der Waals surface area (Å²) in [5.41, 5.74) is 1.06. The Bertz CT molecular complexity index is 915. The zero-order chi connectivity index (χ0) is 21.4. The number of pyridine rings is 1. The summed E-state index contributed by atoms with van der Waals surface area (Å²) in [6, 6.07) is 8.79. The second kappa shape index (κ2) is 10.5. The van der Waals surface area contributed by atoms with Gasteiger partial charge in [0, 0.05) is 26.3 Å². The fourth-order valence-corrected chi connectivity index (χ4v) is 3.00. The first-order chi connectivity index (χ1) is 13.8. The van der Waals surface area contributed by atoms with Gasteiger partial charge in [-0.1, -0.05) is 26.0 Å². The number of hydrogen-bond donors (Lipinski definition) is 1. The van der Waals surface area contributed by atoms with Crippen molar-refractivity contribution in [2.75, 3.05) is 25.0 Å². The number of benzene rings is 1. The van der Waals surface area contributed by atoms with Crippen LogP contribution in [0, 0.1) is 6.92 Å². The maximum atomic E-state index is 12.8. The summed E-state index contributed by atoms with van der Waals surface area (Å²) < 4.78 is 6.78. The number of nitrogens with zero attached hydrogens (tertiary/aromatic N) is 2. The van der Waals surface area contributed by atoms with Gasteiger partial charge < -0.3 is 19.5 Å². The third-order valence-electron chi connectivity index (χ3n) is 4.34. The summed E-state index contributed by atoms with van der Waals surface area (Å²) >= 11 is 0. The van der Waals surface area contributed by atoms with Crippen LogP contribution in [-0.2, 0) is 11.8 Å². The van der Waals surface area contributed by atoms with Gasteiger partial charge in [0.25, 0.3) is 17.4 Å². The first-order valence-electron chi connectivity index (χ1n) is 9.85. The van der Waals surface area contributed by atoms with Gasteiger partial charge in [0.2, 0.25) is 0 Å². The van der Waals surface area contributed by atoms with E-state index in [2.05, 4.69) is 5.32 Å². The molecule has 0 radical (unpaired) electrons. The molecule has 0 aliphatic carbocycles. The molecule has 0 bridgehead atoms. The molecule has 2 amide bonds. The zero-order valence-electron chi connectivity index (χ0n) is 17.5. The molecule has 1 aromatic heterocycles. The van der Waals surface area contributed by atoms with Gasteiger partial charge in [-0.3, -0.25) is 14.4 Å². The lowest BCUT2D eigenvalue weighted by Gasteiger charge is -2.22. The van der Waals surface area contributed by atoms with E-state index in [1.54, 1.807) is 18.0 Å². The van der Waals surface area contributed by atoms with Crippen LogP contribution in [-0.4, -0.2) is 41.0 Å². The molecule has 1 N–H and O–H groups in total. The van der Waals surface area contributed by atoms with Gasteiger partial charge in [0.15, 0.2) is 6.61 Å². The van der Waals surface area contributed by atoms with Crippen molar-refractivity contribution in [2.24, 2.45) is 7.05 Å². The largest absolute Gasteiger partial charge is 0.484 e. The van der Waals surface area contributed by atoms with E-state index in [1.807, 2.05) is 39.0 Å². The third kappa shape index (κ3) is 6.20. The summed E-state index contributed by atoms with van der Waals surface area (Å²) in [4.78, 5) is 39.3. The van der Waals surface area contributed by atoms with Crippen LogP contribution in [0.5, 0.6) is 5.75 Å². The summed E-state index contributed by atoms with van der Waals surface area (Å²) in [6.07, 6.45) is 3.19. The Hall–Kier alpha value is -3.09. The second-order valence-corrected chi connectivity index (χ2v) is 7.00. The highest BCUT2D eigenvalue weighted by Crippen LogP contribution is 2.13. The molecule has 0 saturated carbocycles. The predicted molar refractivity (Wildman–Crippen MR) is 113 cm³/mol. The van der Waals surface area contributed by atoms with Crippen molar-refractivity contribution in [1.82, 2.24) is 9.47 Å². The number of amides is 2. The molecule has 1 aromatic carbocycles. The second-order valence-electron chi connectivity index (χ2n) is 7.00. The molecule has 7 nitrogen and oxygen atoms in total. The van der Waals surface area contributed by atoms with Gasteiger partial charge in [0.05, 0.1) is 5.56 Å². The van der Waals surface area contributed by atoms with Gasteiger partial charge in [-0.15, -0.1) is 0 Å². The van der Waals surface area contributed by atoms with Crippen LogP contribution in [0.15, 0.2) is 41.3 Å². The number of rotatable bonds is 9. The minimum Gasteiger partial charge on any atom is -0.484 e. The van der Waals surface area contributed by atoms with Gasteiger partial charge in [-0.05, 0) is 43.5 Å². The molecule has 1 heterocycles. The highest BCUT2D eigenvalue weighted by atomic mass is 16.5.